The van der Waals surface area contributed by atoms with Crippen molar-refractivity contribution in [1.29, 1.82) is 0 Å². The van der Waals surface area contributed by atoms with Crippen molar-refractivity contribution >= 4 is 22.5 Å². The van der Waals surface area contributed by atoms with Crippen LogP contribution in [0, 0.1) is 0 Å². The minimum absolute atomic E-state index is 0.433. The van der Waals surface area contributed by atoms with Crippen LogP contribution in [0.4, 0.5) is 11.4 Å². The van der Waals surface area contributed by atoms with Gasteiger partial charge in [0.05, 0.1) is 16.9 Å². The number of oxazole rings is 1. The number of H-pyrrole nitrogens is 1. The lowest BCUT2D eigenvalue weighted by Crippen LogP contribution is -2.24. The SMILES string of the molecule is Nc1cc2oc(=O)[nH]c2cc1N1CCCCCC1. The monoisotopic (exact) mass is 247 g/mol. The first-order valence-corrected chi connectivity index (χ1v) is 6.41. The maximum Gasteiger partial charge on any atom is 0.417 e. The molecule has 0 amide bonds. The molecule has 5 nitrogen and oxygen atoms in total. The highest BCUT2D eigenvalue weighted by Gasteiger charge is 2.14. The predicted molar refractivity (Wildman–Crippen MR) is 71.9 cm³/mol. The summed E-state index contributed by atoms with van der Waals surface area (Å²) in [6.07, 6.45) is 4.95. The second-order valence-corrected chi connectivity index (χ2v) is 4.82. The summed E-state index contributed by atoms with van der Waals surface area (Å²) in [6.45, 7) is 2.05. The zero-order chi connectivity index (χ0) is 12.5. The molecule has 3 N–H and O–H groups in total. The summed E-state index contributed by atoms with van der Waals surface area (Å²) in [4.78, 5) is 16.1. The van der Waals surface area contributed by atoms with Crippen LogP contribution in [0.2, 0.25) is 0 Å². The summed E-state index contributed by atoms with van der Waals surface area (Å²) < 4.78 is 5.01. The fourth-order valence-corrected chi connectivity index (χ4v) is 2.59. The maximum absolute atomic E-state index is 11.2. The molecule has 3 rings (SSSR count). The third-order valence-corrected chi connectivity index (χ3v) is 3.52. The van der Waals surface area contributed by atoms with Crippen LogP contribution in [0.1, 0.15) is 25.7 Å². The average molecular weight is 247 g/mol. The van der Waals surface area contributed by atoms with E-state index < -0.39 is 5.76 Å². The molecule has 0 aliphatic carbocycles. The molecule has 2 heterocycles. The third kappa shape index (κ3) is 1.96. The minimum Gasteiger partial charge on any atom is -0.408 e. The van der Waals surface area contributed by atoms with Gasteiger partial charge in [0.25, 0.3) is 0 Å². The van der Waals surface area contributed by atoms with E-state index in [2.05, 4.69) is 9.88 Å². The topological polar surface area (TPSA) is 75.3 Å². The van der Waals surface area contributed by atoms with Gasteiger partial charge in [0, 0.05) is 19.2 Å². The highest BCUT2D eigenvalue weighted by molar-refractivity contribution is 5.85. The van der Waals surface area contributed by atoms with Gasteiger partial charge in [-0.25, -0.2) is 4.79 Å². The fourth-order valence-electron chi connectivity index (χ4n) is 2.59. The Morgan fingerprint density at radius 1 is 1.17 bits per heavy atom. The highest BCUT2D eigenvalue weighted by Crippen LogP contribution is 2.29. The molecule has 0 saturated carbocycles. The summed E-state index contributed by atoms with van der Waals surface area (Å²) in [6, 6.07) is 3.65. The number of hydrogen-bond acceptors (Lipinski definition) is 4. The van der Waals surface area contributed by atoms with Gasteiger partial charge < -0.3 is 15.1 Å². The molecule has 0 bridgehead atoms. The van der Waals surface area contributed by atoms with Crippen molar-refractivity contribution in [1.82, 2.24) is 4.98 Å². The molecule has 1 saturated heterocycles. The third-order valence-electron chi connectivity index (χ3n) is 3.52. The van der Waals surface area contributed by atoms with Crippen LogP contribution in [-0.4, -0.2) is 18.1 Å². The molecular formula is C13H17N3O2. The number of hydrogen-bond donors (Lipinski definition) is 2. The molecule has 1 aromatic carbocycles. The molecule has 2 aromatic rings. The van der Waals surface area contributed by atoms with Crippen molar-refractivity contribution < 1.29 is 4.42 Å². The molecule has 1 aliphatic rings. The van der Waals surface area contributed by atoms with Crippen molar-refractivity contribution in [2.45, 2.75) is 25.7 Å². The van der Waals surface area contributed by atoms with Gasteiger partial charge in [-0.1, -0.05) is 12.8 Å². The first-order valence-electron chi connectivity index (χ1n) is 6.41. The van der Waals surface area contributed by atoms with Crippen molar-refractivity contribution in [3.8, 4) is 0 Å². The molecule has 1 aromatic heterocycles. The number of nitrogens with one attached hydrogen (secondary N) is 1. The number of aromatic amines is 1. The van der Waals surface area contributed by atoms with Gasteiger partial charge >= 0.3 is 5.76 Å². The molecule has 0 radical (unpaired) electrons. The zero-order valence-corrected chi connectivity index (χ0v) is 10.2. The summed E-state index contributed by atoms with van der Waals surface area (Å²) in [5.74, 6) is -0.433. The first-order chi connectivity index (χ1) is 8.74. The number of rotatable bonds is 1. The van der Waals surface area contributed by atoms with E-state index in [1.165, 1.54) is 25.7 Å². The van der Waals surface area contributed by atoms with Crippen molar-refractivity contribution in [2.75, 3.05) is 23.7 Å². The van der Waals surface area contributed by atoms with E-state index in [0.717, 1.165) is 18.8 Å². The summed E-state index contributed by atoms with van der Waals surface area (Å²) in [5.41, 5.74) is 8.98. The normalized spacial score (nSPS) is 17.0. The Morgan fingerprint density at radius 2 is 1.89 bits per heavy atom. The molecule has 0 atom stereocenters. The number of nitrogens with zero attached hydrogens (tertiary/aromatic N) is 1. The smallest absolute Gasteiger partial charge is 0.408 e. The lowest BCUT2D eigenvalue weighted by molar-refractivity contribution is 0.555. The van der Waals surface area contributed by atoms with Gasteiger partial charge in [-0.2, -0.15) is 0 Å². The number of nitrogen functional groups attached to an aromatic ring is 1. The van der Waals surface area contributed by atoms with Crippen LogP contribution in [0.25, 0.3) is 11.1 Å². The number of aromatic nitrogens is 1. The minimum atomic E-state index is -0.433. The van der Waals surface area contributed by atoms with E-state index in [9.17, 15) is 4.79 Å². The van der Waals surface area contributed by atoms with Crippen LogP contribution in [-0.2, 0) is 0 Å². The maximum atomic E-state index is 11.2. The van der Waals surface area contributed by atoms with Crippen LogP contribution in [0.3, 0.4) is 0 Å². The van der Waals surface area contributed by atoms with Crippen molar-refractivity contribution in [3.63, 3.8) is 0 Å². The van der Waals surface area contributed by atoms with Crippen LogP contribution in [0.15, 0.2) is 21.3 Å². The lowest BCUT2D eigenvalue weighted by Gasteiger charge is -2.24. The second-order valence-electron chi connectivity index (χ2n) is 4.82. The van der Waals surface area contributed by atoms with Gasteiger partial charge in [-0.15, -0.1) is 0 Å². The van der Waals surface area contributed by atoms with E-state index >= 15 is 0 Å². The Kier molecular flexibility index (Phi) is 2.74. The summed E-state index contributed by atoms with van der Waals surface area (Å²) >= 11 is 0. The summed E-state index contributed by atoms with van der Waals surface area (Å²) in [5, 5.41) is 0. The molecule has 1 aliphatic heterocycles. The Bertz CT molecular complexity index is 606. The number of nitrogens with two attached hydrogens (primary N) is 1. The Balaban J connectivity index is 2.04. The van der Waals surface area contributed by atoms with Gasteiger partial charge in [0.15, 0.2) is 5.58 Å². The number of fused-ring (bicyclic) bond motifs is 1. The molecule has 5 heteroatoms. The highest BCUT2D eigenvalue weighted by atomic mass is 16.4. The quantitative estimate of drug-likeness (QED) is 0.756. The lowest BCUT2D eigenvalue weighted by atomic mass is 10.2. The predicted octanol–water partition coefficient (Wildman–Crippen LogP) is 2.08. The molecular weight excluding hydrogens is 230 g/mol. The standard InChI is InChI=1S/C13H17N3O2/c14-9-7-12-10(15-13(17)18-12)8-11(9)16-5-3-1-2-4-6-16/h7-8H,1-6,14H2,(H,15,17). The fraction of sp³-hybridized carbons (Fsp3) is 0.462. The average Bonchev–Trinajstić information content (AvgIpc) is 2.55. The molecule has 96 valence electrons. The second kappa shape index (κ2) is 4.40. The molecule has 18 heavy (non-hydrogen) atoms. The Labute approximate surface area is 105 Å². The molecule has 1 fully saturated rings. The first kappa shape index (κ1) is 11.2. The van der Waals surface area contributed by atoms with Gasteiger partial charge in [0.2, 0.25) is 0 Å². The molecule has 0 unspecified atom stereocenters. The van der Waals surface area contributed by atoms with Gasteiger partial charge in [-0.05, 0) is 18.9 Å². The van der Waals surface area contributed by atoms with Gasteiger partial charge in [-0.3, -0.25) is 4.98 Å². The number of benzene rings is 1. The van der Waals surface area contributed by atoms with Gasteiger partial charge in [0.1, 0.15) is 0 Å². The Morgan fingerprint density at radius 3 is 2.61 bits per heavy atom. The Hall–Kier alpha value is -1.91. The van der Waals surface area contributed by atoms with Crippen LogP contribution < -0.4 is 16.4 Å². The summed E-state index contributed by atoms with van der Waals surface area (Å²) in [7, 11) is 0. The van der Waals surface area contributed by atoms with E-state index in [1.54, 1.807) is 6.07 Å². The van der Waals surface area contributed by atoms with E-state index in [-0.39, 0.29) is 0 Å². The van der Waals surface area contributed by atoms with Crippen molar-refractivity contribution in [2.24, 2.45) is 0 Å². The van der Waals surface area contributed by atoms with Crippen LogP contribution in [0.5, 0.6) is 0 Å². The zero-order valence-electron chi connectivity index (χ0n) is 10.2. The number of anilines is 2. The van der Waals surface area contributed by atoms with E-state index in [0.29, 0.717) is 16.8 Å². The van der Waals surface area contributed by atoms with E-state index in [4.69, 9.17) is 10.2 Å². The largest absolute Gasteiger partial charge is 0.417 e. The van der Waals surface area contributed by atoms with Crippen molar-refractivity contribution in [3.05, 3.63) is 22.7 Å². The molecule has 0 spiro atoms. The van der Waals surface area contributed by atoms with E-state index in [1.807, 2.05) is 6.07 Å². The van der Waals surface area contributed by atoms with Crippen LogP contribution >= 0.6 is 0 Å².